The van der Waals surface area contributed by atoms with Crippen molar-refractivity contribution < 1.29 is 0 Å². The third-order valence-corrected chi connectivity index (χ3v) is 18.1. The molecule has 0 atom stereocenters. The predicted molar refractivity (Wildman–Crippen MR) is 371 cm³/mol. The molecule has 7 rings (SSSR count). The zero-order chi connectivity index (χ0) is 59.8. The zero-order valence-corrected chi connectivity index (χ0v) is 54.5. The van der Waals surface area contributed by atoms with Crippen LogP contribution in [-0.4, -0.2) is 81.6 Å². The van der Waals surface area contributed by atoms with Crippen molar-refractivity contribution in [2.75, 3.05) is 111 Å². The van der Waals surface area contributed by atoms with Crippen LogP contribution < -0.4 is 29.4 Å². The maximum atomic E-state index is 2.48. The van der Waals surface area contributed by atoms with Crippen molar-refractivity contribution in [1.82, 2.24) is 0 Å². The van der Waals surface area contributed by atoms with Gasteiger partial charge in [-0.25, -0.2) is 0 Å². The van der Waals surface area contributed by atoms with Crippen molar-refractivity contribution in [3.05, 3.63) is 212 Å². The van der Waals surface area contributed by atoms with Crippen LogP contribution in [0.15, 0.2) is 146 Å². The molecule has 6 heteroatoms. The second-order valence-electron chi connectivity index (χ2n) is 25.2. The van der Waals surface area contributed by atoms with E-state index < -0.39 is 0 Å². The number of anilines is 6. The van der Waals surface area contributed by atoms with Gasteiger partial charge < -0.3 is 29.4 Å². The summed E-state index contributed by atoms with van der Waals surface area (Å²) < 4.78 is 0. The fourth-order valence-corrected chi connectivity index (χ4v) is 12.4. The molecule has 84 heavy (non-hydrogen) atoms. The van der Waals surface area contributed by atoms with E-state index in [1.165, 1.54) is 145 Å². The topological polar surface area (TPSA) is 19.4 Å². The van der Waals surface area contributed by atoms with Crippen molar-refractivity contribution in [1.29, 1.82) is 0 Å². The molecule has 0 fully saturated rings. The van der Waals surface area contributed by atoms with Gasteiger partial charge in [0, 0.05) is 116 Å². The SMILES string of the molecule is Cc1ccc(N(C)CCCCc2c(CCCCN(C)c3ccc(C)cc3)c(CCCCN(C)c3ccc(C)cc3)c(CCCCN(C)c3ccc(C)cc3)c(CCCCN(C)c3ccc(C)cc3)c2CCCCN(C)c2ccc(C)cc2)cc1. The maximum Gasteiger partial charge on any atom is 0.0363 e. The Labute approximate surface area is 511 Å². The third kappa shape index (κ3) is 20.3. The number of aryl methyl sites for hydroxylation is 6. The summed E-state index contributed by atoms with van der Waals surface area (Å²) in [5, 5.41) is 0. The molecule has 450 valence electrons. The summed E-state index contributed by atoms with van der Waals surface area (Å²) in [7, 11) is 13.7. The average molecular weight is 1130 g/mol. The molecule has 0 aliphatic rings. The number of nitrogens with zero attached hydrogens (tertiary/aromatic N) is 6. The van der Waals surface area contributed by atoms with Crippen LogP contribution in [0.5, 0.6) is 0 Å². The van der Waals surface area contributed by atoms with Crippen molar-refractivity contribution in [2.24, 2.45) is 0 Å². The largest absolute Gasteiger partial charge is 0.375 e. The van der Waals surface area contributed by atoms with Crippen LogP contribution in [0.4, 0.5) is 34.1 Å². The Morgan fingerprint density at radius 3 is 0.417 bits per heavy atom. The Hall–Kier alpha value is -6.66. The summed E-state index contributed by atoms with van der Waals surface area (Å²) in [6, 6.07) is 54.7. The summed E-state index contributed by atoms with van der Waals surface area (Å²) in [6.45, 7) is 19.5. The summed E-state index contributed by atoms with van der Waals surface area (Å²) in [5.74, 6) is 0. The van der Waals surface area contributed by atoms with Gasteiger partial charge in [-0.15, -0.1) is 0 Å². The first kappa shape index (κ1) is 64.9. The van der Waals surface area contributed by atoms with Crippen LogP contribution in [0.1, 0.15) is 144 Å². The summed E-state index contributed by atoms with van der Waals surface area (Å²) >= 11 is 0. The standard InChI is InChI=1S/C78H108N6/c1-61-31-43-67(44-32-61)79(7)55-19-13-25-73-74(26-14-20-56-80(8)68-45-33-62(2)34-46-68)76(28-16-22-58-82(10)70-49-37-64(4)38-50-70)78(30-18-24-60-84(12)72-53-41-66(6)42-54-72)77(29-17-23-59-83(11)71-51-39-65(5)40-52-71)75(73)27-15-21-57-81(9)69-47-35-63(3)36-48-69/h31-54H,13-30,55-60H2,1-12H3. The molecule has 0 spiro atoms. The van der Waals surface area contributed by atoms with E-state index in [2.05, 4.69) is 259 Å². The fourth-order valence-electron chi connectivity index (χ4n) is 12.4. The third-order valence-electron chi connectivity index (χ3n) is 18.1. The highest BCUT2D eigenvalue weighted by Crippen LogP contribution is 2.37. The smallest absolute Gasteiger partial charge is 0.0363 e. The Bertz CT molecular complexity index is 2430. The summed E-state index contributed by atoms with van der Waals surface area (Å²) in [5.41, 5.74) is 26.2. The molecule has 0 bridgehead atoms. The summed E-state index contributed by atoms with van der Waals surface area (Å²) in [6.07, 6.45) is 21.0. The van der Waals surface area contributed by atoms with E-state index in [0.717, 1.165) is 77.8 Å². The molecule has 6 nitrogen and oxygen atoms in total. The molecular formula is C78H108N6. The molecule has 7 aromatic rings. The lowest BCUT2D eigenvalue weighted by Crippen LogP contribution is -2.21. The zero-order valence-electron chi connectivity index (χ0n) is 54.5. The lowest BCUT2D eigenvalue weighted by atomic mass is 9.77. The molecule has 0 radical (unpaired) electrons. The molecule has 0 amide bonds. The first-order valence-electron chi connectivity index (χ1n) is 32.5. The van der Waals surface area contributed by atoms with Crippen LogP contribution >= 0.6 is 0 Å². The quantitative estimate of drug-likeness (QED) is 0.0362. The van der Waals surface area contributed by atoms with Gasteiger partial charge in [-0.1, -0.05) is 106 Å². The molecule has 0 aliphatic heterocycles. The van der Waals surface area contributed by atoms with Crippen LogP contribution in [0.2, 0.25) is 0 Å². The fraction of sp³-hybridized carbons (Fsp3) is 0.462. The molecule has 0 aliphatic carbocycles. The van der Waals surface area contributed by atoms with Crippen molar-refractivity contribution in [3.63, 3.8) is 0 Å². The highest BCUT2D eigenvalue weighted by Gasteiger charge is 2.24. The lowest BCUT2D eigenvalue weighted by molar-refractivity contribution is 0.646. The van der Waals surface area contributed by atoms with Gasteiger partial charge >= 0.3 is 0 Å². The lowest BCUT2D eigenvalue weighted by Gasteiger charge is -2.29. The van der Waals surface area contributed by atoms with Gasteiger partial charge in [-0.05, 0) is 263 Å². The van der Waals surface area contributed by atoms with E-state index in [-0.39, 0.29) is 0 Å². The van der Waals surface area contributed by atoms with Gasteiger partial charge in [-0.3, -0.25) is 0 Å². The highest BCUT2D eigenvalue weighted by atomic mass is 15.1. The molecule has 0 heterocycles. The maximum absolute atomic E-state index is 2.48. The van der Waals surface area contributed by atoms with E-state index in [4.69, 9.17) is 0 Å². The van der Waals surface area contributed by atoms with Crippen LogP contribution in [0.3, 0.4) is 0 Å². The van der Waals surface area contributed by atoms with Gasteiger partial charge in [0.1, 0.15) is 0 Å². The van der Waals surface area contributed by atoms with Crippen LogP contribution in [0.25, 0.3) is 0 Å². The average Bonchev–Trinajstić information content (AvgIpc) is 3.56. The van der Waals surface area contributed by atoms with E-state index in [0.29, 0.717) is 0 Å². The molecule has 0 saturated carbocycles. The number of unbranched alkanes of at least 4 members (excludes halogenated alkanes) is 6. The Kier molecular flexibility index (Phi) is 26.1. The van der Waals surface area contributed by atoms with Crippen molar-refractivity contribution in [2.45, 2.75) is 157 Å². The first-order chi connectivity index (χ1) is 40.6. The van der Waals surface area contributed by atoms with E-state index in [9.17, 15) is 0 Å². The highest BCUT2D eigenvalue weighted by molar-refractivity contribution is 5.55. The van der Waals surface area contributed by atoms with Gasteiger partial charge in [0.2, 0.25) is 0 Å². The van der Waals surface area contributed by atoms with E-state index >= 15 is 0 Å². The second kappa shape index (κ2) is 33.7. The normalized spacial score (nSPS) is 11.3. The van der Waals surface area contributed by atoms with Crippen molar-refractivity contribution in [3.8, 4) is 0 Å². The molecule has 0 aromatic heterocycles. The minimum Gasteiger partial charge on any atom is -0.375 e. The first-order valence-corrected chi connectivity index (χ1v) is 32.5. The predicted octanol–water partition coefficient (Wildman–Crippen LogP) is 18.3. The molecule has 0 saturated heterocycles. The Balaban J connectivity index is 1.28. The Morgan fingerprint density at radius 1 is 0.179 bits per heavy atom. The van der Waals surface area contributed by atoms with Gasteiger partial charge in [0.05, 0.1) is 0 Å². The van der Waals surface area contributed by atoms with Gasteiger partial charge in [-0.2, -0.15) is 0 Å². The molecule has 0 unspecified atom stereocenters. The molecule has 0 N–H and O–H groups in total. The number of hydrogen-bond acceptors (Lipinski definition) is 6. The number of benzene rings is 7. The summed E-state index contributed by atoms with van der Waals surface area (Å²) in [4.78, 5) is 14.9. The van der Waals surface area contributed by atoms with Crippen LogP contribution in [0, 0.1) is 41.5 Å². The minimum atomic E-state index is 1.06. The van der Waals surface area contributed by atoms with Crippen LogP contribution in [-0.2, 0) is 38.5 Å². The number of rotatable bonds is 36. The van der Waals surface area contributed by atoms with Gasteiger partial charge in [0.25, 0.3) is 0 Å². The molecular weight excluding hydrogens is 1020 g/mol. The van der Waals surface area contributed by atoms with E-state index in [1.807, 2.05) is 0 Å². The Morgan fingerprint density at radius 2 is 0.298 bits per heavy atom. The monoisotopic (exact) mass is 1130 g/mol. The molecule has 7 aromatic carbocycles. The number of hydrogen-bond donors (Lipinski definition) is 0. The van der Waals surface area contributed by atoms with E-state index in [1.54, 1.807) is 33.4 Å². The van der Waals surface area contributed by atoms with Gasteiger partial charge in [0.15, 0.2) is 0 Å². The second-order valence-corrected chi connectivity index (χ2v) is 25.2. The minimum absolute atomic E-state index is 1.06. The van der Waals surface area contributed by atoms with Crippen molar-refractivity contribution >= 4 is 34.1 Å².